The topological polar surface area (TPSA) is 9.23 Å². The van der Waals surface area contributed by atoms with Crippen LogP contribution in [0.3, 0.4) is 0 Å². The Morgan fingerprint density at radius 2 is 1.32 bits per heavy atom. The zero-order chi connectivity index (χ0) is 17.3. The fourth-order valence-corrected chi connectivity index (χ4v) is 4.37. The van der Waals surface area contributed by atoms with Crippen LogP contribution in [0.5, 0.6) is 5.75 Å². The van der Waals surface area contributed by atoms with E-state index in [1.165, 1.54) is 40.7 Å². The SMILES string of the molecule is CCCCC1(c2ccc(OC)cc2)c2ccccc2-c2ccccc21. The number of hydrogen-bond acceptors (Lipinski definition) is 1. The van der Waals surface area contributed by atoms with Gasteiger partial charge in [0.15, 0.2) is 0 Å². The van der Waals surface area contributed by atoms with Crippen molar-refractivity contribution in [1.29, 1.82) is 0 Å². The maximum Gasteiger partial charge on any atom is 0.118 e. The molecular weight excluding hydrogens is 304 g/mol. The Kier molecular flexibility index (Phi) is 4.09. The molecule has 0 saturated carbocycles. The van der Waals surface area contributed by atoms with Crippen molar-refractivity contribution >= 4 is 0 Å². The Morgan fingerprint density at radius 1 is 0.760 bits per heavy atom. The lowest BCUT2D eigenvalue weighted by atomic mass is 9.69. The zero-order valence-electron chi connectivity index (χ0n) is 15.0. The fraction of sp³-hybridized carbons (Fsp3) is 0.250. The first-order chi connectivity index (χ1) is 12.3. The van der Waals surface area contributed by atoms with E-state index in [1.54, 1.807) is 7.11 Å². The molecule has 0 atom stereocenters. The maximum absolute atomic E-state index is 5.38. The average Bonchev–Trinajstić information content (AvgIpc) is 2.98. The summed E-state index contributed by atoms with van der Waals surface area (Å²) in [7, 11) is 1.72. The summed E-state index contributed by atoms with van der Waals surface area (Å²) in [6, 6.07) is 26.5. The smallest absolute Gasteiger partial charge is 0.118 e. The van der Waals surface area contributed by atoms with Crippen LogP contribution in [0.25, 0.3) is 11.1 Å². The largest absolute Gasteiger partial charge is 0.497 e. The van der Waals surface area contributed by atoms with Gasteiger partial charge >= 0.3 is 0 Å². The Hall–Kier alpha value is -2.54. The van der Waals surface area contributed by atoms with E-state index in [-0.39, 0.29) is 5.41 Å². The highest BCUT2D eigenvalue weighted by Gasteiger charge is 2.43. The summed E-state index contributed by atoms with van der Waals surface area (Å²) in [4.78, 5) is 0. The number of methoxy groups -OCH3 is 1. The molecule has 0 saturated heterocycles. The number of ether oxygens (including phenoxy) is 1. The average molecular weight is 328 g/mol. The van der Waals surface area contributed by atoms with Crippen molar-refractivity contribution in [2.24, 2.45) is 0 Å². The minimum atomic E-state index is -0.0601. The molecule has 4 rings (SSSR count). The van der Waals surface area contributed by atoms with E-state index in [1.807, 2.05) is 0 Å². The second-order valence-corrected chi connectivity index (χ2v) is 6.83. The van der Waals surface area contributed by atoms with Crippen molar-refractivity contribution in [3.8, 4) is 16.9 Å². The summed E-state index contributed by atoms with van der Waals surface area (Å²) >= 11 is 0. The molecule has 1 aliphatic carbocycles. The monoisotopic (exact) mass is 328 g/mol. The van der Waals surface area contributed by atoms with Gasteiger partial charge in [0, 0.05) is 5.41 Å². The van der Waals surface area contributed by atoms with Crippen molar-refractivity contribution in [3.05, 3.63) is 89.5 Å². The van der Waals surface area contributed by atoms with Gasteiger partial charge in [-0.1, -0.05) is 80.4 Å². The van der Waals surface area contributed by atoms with Crippen LogP contribution in [0.4, 0.5) is 0 Å². The van der Waals surface area contributed by atoms with Gasteiger partial charge in [-0.05, 0) is 46.4 Å². The molecule has 3 aromatic rings. The number of rotatable bonds is 5. The molecule has 0 heterocycles. The third-order valence-corrected chi connectivity index (χ3v) is 5.55. The molecule has 1 heteroatoms. The standard InChI is InChI=1S/C24H24O/c1-3-4-17-24(18-13-15-19(25-2)16-14-18)22-11-7-5-9-20(22)21-10-6-8-12-23(21)24/h5-16H,3-4,17H2,1-2H3. The van der Waals surface area contributed by atoms with Crippen LogP contribution < -0.4 is 4.74 Å². The number of benzene rings is 3. The summed E-state index contributed by atoms with van der Waals surface area (Å²) in [5, 5.41) is 0. The number of fused-ring (bicyclic) bond motifs is 3. The molecule has 0 aromatic heterocycles. The van der Waals surface area contributed by atoms with Gasteiger partial charge in [0.25, 0.3) is 0 Å². The molecule has 0 aliphatic heterocycles. The quantitative estimate of drug-likeness (QED) is 0.542. The first kappa shape index (κ1) is 16.0. The highest BCUT2D eigenvalue weighted by Crippen LogP contribution is 2.54. The molecule has 0 fully saturated rings. The number of unbranched alkanes of at least 4 members (excludes halogenated alkanes) is 1. The number of hydrogen-bond donors (Lipinski definition) is 0. The zero-order valence-corrected chi connectivity index (χ0v) is 15.0. The molecule has 1 aliphatic rings. The van der Waals surface area contributed by atoms with Crippen molar-refractivity contribution in [3.63, 3.8) is 0 Å². The lowest BCUT2D eigenvalue weighted by molar-refractivity contribution is 0.414. The minimum absolute atomic E-state index is 0.0601. The van der Waals surface area contributed by atoms with E-state index in [2.05, 4.69) is 79.7 Å². The fourth-order valence-electron chi connectivity index (χ4n) is 4.37. The first-order valence-corrected chi connectivity index (χ1v) is 9.15. The molecular formula is C24H24O. The van der Waals surface area contributed by atoms with Crippen molar-refractivity contribution in [2.75, 3.05) is 7.11 Å². The third-order valence-electron chi connectivity index (χ3n) is 5.55. The highest BCUT2D eigenvalue weighted by atomic mass is 16.5. The van der Waals surface area contributed by atoms with E-state index in [0.29, 0.717) is 0 Å². The molecule has 0 radical (unpaired) electrons. The Bertz CT molecular complexity index is 831. The first-order valence-electron chi connectivity index (χ1n) is 9.15. The van der Waals surface area contributed by atoms with Gasteiger partial charge in [-0.3, -0.25) is 0 Å². The van der Waals surface area contributed by atoms with Gasteiger partial charge in [-0.15, -0.1) is 0 Å². The molecule has 3 aromatic carbocycles. The highest BCUT2D eigenvalue weighted by molar-refractivity contribution is 5.83. The second kappa shape index (κ2) is 6.40. The van der Waals surface area contributed by atoms with E-state index in [0.717, 1.165) is 12.2 Å². The van der Waals surface area contributed by atoms with E-state index < -0.39 is 0 Å². The summed E-state index contributed by atoms with van der Waals surface area (Å²) in [5.41, 5.74) is 6.94. The minimum Gasteiger partial charge on any atom is -0.497 e. The van der Waals surface area contributed by atoms with Crippen LogP contribution in [-0.2, 0) is 5.41 Å². The maximum atomic E-state index is 5.38. The van der Waals surface area contributed by atoms with Crippen molar-refractivity contribution in [1.82, 2.24) is 0 Å². The van der Waals surface area contributed by atoms with Gasteiger partial charge in [0.1, 0.15) is 5.75 Å². The van der Waals surface area contributed by atoms with Crippen LogP contribution in [-0.4, -0.2) is 7.11 Å². The lowest BCUT2D eigenvalue weighted by Crippen LogP contribution is -2.26. The molecule has 1 nitrogen and oxygen atoms in total. The van der Waals surface area contributed by atoms with E-state index in [4.69, 9.17) is 4.74 Å². The molecule has 0 amide bonds. The van der Waals surface area contributed by atoms with Crippen LogP contribution in [0, 0.1) is 0 Å². The summed E-state index contributed by atoms with van der Waals surface area (Å²) < 4.78 is 5.38. The molecule has 25 heavy (non-hydrogen) atoms. The van der Waals surface area contributed by atoms with Crippen molar-refractivity contribution in [2.45, 2.75) is 31.6 Å². The molecule has 0 unspecified atom stereocenters. The van der Waals surface area contributed by atoms with Crippen LogP contribution in [0.2, 0.25) is 0 Å². The van der Waals surface area contributed by atoms with Crippen LogP contribution in [0.15, 0.2) is 72.8 Å². The Labute approximate surface area is 150 Å². The van der Waals surface area contributed by atoms with E-state index in [9.17, 15) is 0 Å². The van der Waals surface area contributed by atoms with Crippen molar-refractivity contribution < 1.29 is 4.74 Å². The summed E-state index contributed by atoms with van der Waals surface area (Å²) in [6.07, 6.45) is 3.53. The van der Waals surface area contributed by atoms with Crippen LogP contribution in [0.1, 0.15) is 42.9 Å². The predicted octanol–water partition coefficient (Wildman–Crippen LogP) is 6.20. The van der Waals surface area contributed by atoms with Gasteiger partial charge in [0.05, 0.1) is 7.11 Å². The van der Waals surface area contributed by atoms with Crippen LogP contribution >= 0.6 is 0 Å². The molecule has 0 bridgehead atoms. The third kappa shape index (κ3) is 2.38. The molecule has 126 valence electrons. The summed E-state index contributed by atoms with van der Waals surface area (Å²) in [5.74, 6) is 0.911. The summed E-state index contributed by atoms with van der Waals surface area (Å²) in [6.45, 7) is 2.27. The van der Waals surface area contributed by atoms with Gasteiger partial charge in [0.2, 0.25) is 0 Å². The second-order valence-electron chi connectivity index (χ2n) is 6.83. The predicted molar refractivity (Wildman–Crippen MR) is 104 cm³/mol. The normalized spacial score (nSPS) is 14.0. The molecule has 0 N–H and O–H groups in total. The van der Waals surface area contributed by atoms with Gasteiger partial charge in [-0.2, -0.15) is 0 Å². The molecule has 0 spiro atoms. The Morgan fingerprint density at radius 3 is 1.84 bits per heavy atom. The Balaban J connectivity index is 2.00. The van der Waals surface area contributed by atoms with Gasteiger partial charge in [-0.25, -0.2) is 0 Å². The lowest BCUT2D eigenvalue weighted by Gasteiger charge is -2.33. The van der Waals surface area contributed by atoms with E-state index >= 15 is 0 Å². The van der Waals surface area contributed by atoms with Gasteiger partial charge < -0.3 is 4.74 Å².